The lowest BCUT2D eigenvalue weighted by Gasteiger charge is -2.28. The van der Waals surface area contributed by atoms with Crippen LogP contribution in [0.4, 0.5) is 0 Å². The number of hydrogen-bond acceptors (Lipinski definition) is 3. The van der Waals surface area contributed by atoms with Gasteiger partial charge in [-0.15, -0.1) is 0 Å². The summed E-state index contributed by atoms with van der Waals surface area (Å²) in [6.45, 7) is 0. The van der Waals surface area contributed by atoms with E-state index in [-0.39, 0.29) is 23.8 Å². The van der Waals surface area contributed by atoms with Gasteiger partial charge in [0, 0.05) is 29.0 Å². The highest BCUT2D eigenvalue weighted by molar-refractivity contribution is 6.30. The Labute approximate surface area is 163 Å². The van der Waals surface area contributed by atoms with Crippen molar-refractivity contribution in [2.45, 2.75) is 18.8 Å². The number of Topliss-reactive ketones (excluding diaryl/α,β-unsaturated/α-hetero) is 3. The molecule has 0 saturated heterocycles. The molecule has 0 amide bonds. The molecule has 2 aliphatic rings. The predicted octanol–water partition coefficient (Wildman–Crippen LogP) is 4.66. The zero-order valence-electron chi connectivity index (χ0n) is 15.2. The zero-order chi connectivity index (χ0) is 19.3. The highest BCUT2D eigenvalue weighted by Gasteiger charge is 2.61. The second-order valence-corrected chi connectivity index (χ2v) is 7.60. The van der Waals surface area contributed by atoms with Crippen molar-refractivity contribution >= 4 is 17.3 Å². The Kier molecular flexibility index (Phi) is 3.66. The lowest BCUT2D eigenvalue weighted by molar-refractivity contribution is 0.0657. The molecule has 1 spiro atoms. The molecule has 2 aliphatic carbocycles. The molecule has 3 aromatic rings. The number of carbonyl (C=O) groups excluding carboxylic acids is 3. The molecule has 3 nitrogen and oxygen atoms in total. The molecule has 0 radical (unpaired) electrons. The summed E-state index contributed by atoms with van der Waals surface area (Å²) in [4.78, 5) is 40.0. The molecule has 0 aliphatic heterocycles. The molecule has 28 heavy (non-hydrogen) atoms. The fourth-order valence-electron chi connectivity index (χ4n) is 4.88. The van der Waals surface area contributed by atoms with E-state index in [1.807, 2.05) is 42.5 Å². The van der Waals surface area contributed by atoms with Crippen molar-refractivity contribution < 1.29 is 14.4 Å². The lowest BCUT2D eigenvalue weighted by Crippen LogP contribution is -2.38. The minimum Gasteiger partial charge on any atom is -0.294 e. The van der Waals surface area contributed by atoms with Crippen molar-refractivity contribution in [3.8, 4) is 0 Å². The molecule has 136 valence electrons. The molecule has 1 atom stereocenters. The smallest absolute Gasteiger partial charge is 0.178 e. The maximum absolute atomic E-state index is 13.5. The summed E-state index contributed by atoms with van der Waals surface area (Å²) in [6, 6.07) is 23.9. The quantitative estimate of drug-likeness (QED) is 0.500. The fraction of sp³-hybridized carbons (Fsp3) is 0.160. The van der Waals surface area contributed by atoms with E-state index in [0.29, 0.717) is 23.1 Å². The summed E-state index contributed by atoms with van der Waals surface area (Å²) in [5, 5.41) is 0. The predicted molar refractivity (Wildman–Crippen MR) is 106 cm³/mol. The van der Waals surface area contributed by atoms with Gasteiger partial charge in [0.25, 0.3) is 0 Å². The Bertz CT molecular complexity index is 1090. The average Bonchev–Trinajstić information content (AvgIpc) is 3.18. The normalized spacial score (nSPS) is 18.9. The minimum atomic E-state index is -1.20. The first kappa shape index (κ1) is 16.8. The van der Waals surface area contributed by atoms with Gasteiger partial charge in [-0.25, -0.2) is 0 Å². The molecule has 0 fully saturated rings. The molecule has 1 unspecified atom stereocenters. The van der Waals surface area contributed by atoms with Gasteiger partial charge in [-0.3, -0.25) is 14.4 Å². The van der Waals surface area contributed by atoms with E-state index in [2.05, 4.69) is 0 Å². The maximum atomic E-state index is 13.5. The van der Waals surface area contributed by atoms with E-state index < -0.39 is 11.3 Å². The van der Waals surface area contributed by atoms with Crippen LogP contribution in [0.1, 0.15) is 54.5 Å². The number of fused-ring (bicyclic) bond motifs is 2. The molecular formula is C25H18O3. The summed E-state index contributed by atoms with van der Waals surface area (Å²) in [7, 11) is 0. The summed E-state index contributed by atoms with van der Waals surface area (Å²) in [5.74, 6) is -0.771. The number of ketones is 3. The SMILES string of the molecule is O=C(CC1c2ccccc2CC12C(=O)c1ccccc1C2=O)c1ccccc1. The van der Waals surface area contributed by atoms with E-state index >= 15 is 0 Å². The van der Waals surface area contributed by atoms with E-state index in [1.165, 1.54) is 0 Å². The minimum absolute atomic E-state index is 0.0433. The third-order valence-electron chi connectivity index (χ3n) is 6.21. The summed E-state index contributed by atoms with van der Waals surface area (Å²) >= 11 is 0. The van der Waals surface area contributed by atoms with E-state index in [4.69, 9.17) is 0 Å². The molecule has 5 rings (SSSR count). The molecule has 0 saturated carbocycles. The second kappa shape index (κ2) is 6.10. The first-order valence-electron chi connectivity index (χ1n) is 9.47. The van der Waals surface area contributed by atoms with Gasteiger partial charge in [0.05, 0.1) is 0 Å². The fourth-order valence-corrected chi connectivity index (χ4v) is 4.88. The van der Waals surface area contributed by atoms with E-state index in [0.717, 1.165) is 11.1 Å². The Balaban J connectivity index is 1.63. The van der Waals surface area contributed by atoms with Crippen LogP contribution < -0.4 is 0 Å². The third kappa shape index (κ3) is 2.19. The average molecular weight is 366 g/mol. The summed E-state index contributed by atoms with van der Waals surface area (Å²) < 4.78 is 0. The van der Waals surface area contributed by atoms with Gasteiger partial charge in [-0.05, 0) is 17.5 Å². The standard InChI is InChI=1S/C25H18O3/c26-22(16-8-2-1-3-9-16)14-21-18-11-5-4-10-17(18)15-25(21)23(27)19-12-6-7-13-20(19)24(25)28/h1-13,21H,14-15H2. The van der Waals surface area contributed by atoms with Gasteiger partial charge in [-0.1, -0.05) is 78.9 Å². The van der Waals surface area contributed by atoms with Crippen molar-refractivity contribution in [3.05, 3.63) is 107 Å². The van der Waals surface area contributed by atoms with Crippen LogP contribution in [0, 0.1) is 5.41 Å². The van der Waals surface area contributed by atoms with Gasteiger partial charge in [0.15, 0.2) is 17.3 Å². The maximum Gasteiger partial charge on any atom is 0.178 e. The van der Waals surface area contributed by atoms with E-state index in [1.54, 1.807) is 36.4 Å². The number of hydrogen-bond donors (Lipinski definition) is 0. The lowest BCUT2D eigenvalue weighted by atomic mass is 9.70. The third-order valence-corrected chi connectivity index (χ3v) is 6.21. The topological polar surface area (TPSA) is 51.2 Å². The Morgan fingerprint density at radius 1 is 0.786 bits per heavy atom. The molecule has 0 bridgehead atoms. The van der Waals surface area contributed by atoms with Crippen LogP contribution >= 0.6 is 0 Å². The van der Waals surface area contributed by atoms with Crippen LogP contribution in [0.5, 0.6) is 0 Å². The highest BCUT2D eigenvalue weighted by Crippen LogP contribution is 2.56. The van der Waals surface area contributed by atoms with Crippen LogP contribution in [0.2, 0.25) is 0 Å². The van der Waals surface area contributed by atoms with Crippen LogP contribution in [-0.2, 0) is 6.42 Å². The molecule has 0 heterocycles. The van der Waals surface area contributed by atoms with Gasteiger partial charge >= 0.3 is 0 Å². The van der Waals surface area contributed by atoms with Gasteiger partial charge in [0.2, 0.25) is 0 Å². The molecule has 0 N–H and O–H groups in total. The summed E-state index contributed by atoms with van der Waals surface area (Å²) in [6.07, 6.45) is 0.509. The Hall–Kier alpha value is -3.33. The number of benzene rings is 3. The molecule has 3 aromatic carbocycles. The monoisotopic (exact) mass is 366 g/mol. The van der Waals surface area contributed by atoms with Crippen molar-refractivity contribution in [3.63, 3.8) is 0 Å². The van der Waals surface area contributed by atoms with Crippen molar-refractivity contribution in [1.82, 2.24) is 0 Å². The molecule has 0 aromatic heterocycles. The first-order valence-corrected chi connectivity index (χ1v) is 9.47. The summed E-state index contributed by atoms with van der Waals surface area (Å²) in [5.41, 5.74) is 2.31. The van der Waals surface area contributed by atoms with Crippen LogP contribution in [0.3, 0.4) is 0 Å². The van der Waals surface area contributed by atoms with Crippen molar-refractivity contribution in [1.29, 1.82) is 0 Å². The van der Waals surface area contributed by atoms with Crippen molar-refractivity contribution in [2.75, 3.05) is 0 Å². The number of rotatable bonds is 3. The Morgan fingerprint density at radius 2 is 1.36 bits per heavy atom. The highest BCUT2D eigenvalue weighted by atomic mass is 16.2. The van der Waals surface area contributed by atoms with Crippen LogP contribution in [0.25, 0.3) is 0 Å². The van der Waals surface area contributed by atoms with E-state index in [9.17, 15) is 14.4 Å². The van der Waals surface area contributed by atoms with Crippen molar-refractivity contribution in [2.24, 2.45) is 5.41 Å². The van der Waals surface area contributed by atoms with Crippen LogP contribution in [0.15, 0.2) is 78.9 Å². The Morgan fingerprint density at radius 3 is 2.04 bits per heavy atom. The van der Waals surface area contributed by atoms with Gasteiger partial charge in [0.1, 0.15) is 5.41 Å². The zero-order valence-corrected chi connectivity index (χ0v) is 15.2. The van der Waals surface area contributed by atoms with Gasteiger partial charge in [-0.2, -0.15) is 0 Å². The second-order valence-electron chi connectivity index (χ2n) is 7.60. The number of carbonyl (C=O) groups is 3. The van der Waals surface area contributed by atoms with Gasteiger partial charge < -0.3 is 0 Å². The molecular weight excluding hydrogens is 348 g/mol. The molecule has 3 heteroatoms. The first-order chi connectivity index (χ1) is 13.6. The largest absolute Gasteiger partial charge is 0.294 e. The van der Waals surface area contributed by atoms with Crippen LogP contribution in [-0.4, -0.2) is 17.3 Å².